The minimum absolute atomic E-state index is 0.00144. The van der Waals surface area contributed by atoms with E-state index < -0.39 is 35.5 Å². The van der Waals surface area contributed by atoms with Crippen molar-refractivity contribution in [2.24, 2.45) is 17.3 Å². The van der Waals surface area contributed by atoms with E-state index in [1.807, 2.05) is 38.2 Å². The zero-order valence-electron chi connectivity index (χ0n) is 39.8. The molecule has 4 aliphatic heterocycles. The van der Waals surface area contributed by atoms with Crippen LogP contribution in [0.25, 0.3) is 33.3 Å². The van der Waals surface area contributed by atoms with Crippen molar-refractivity contribution in [3.05, 3.63) is 76.5 Å². The molecule has 0 aliphatic carbocycles. The number of pyridine rings is 1. The van der Waals surface area contributed by atoms with Crippen LogP contribution in [0.4, 0.5) is 0 Å². The molecule has 8 rings (SSSR count). The third-order valence-electron chi connectivity index (χ3n) is 13.8. The largest absolute Gasteiger partial charge is 0.508 e. The van der Waals surface area contributed by atoms with Gasteiger partial charge in [-0.05, 0) is 96.7 Å². The van der Waals surface area contributed by atoms with Crippen LogP contribution in [-0.2, 0) is 54.7 Å². The molecule has 0 spiro atoms. The second-order valence-corrected chi connectivity index (χ2v) is 19.8. The van der Waals surface area contributed by atoms with Gasteiger partial charge < -0.3 is 34.8 Å². The summed E-state index contributed by atoms with van der Waals surface area (Å²) in [5, 5.41) is 19.8. The molecule has 6 bridgehead atoms. The Balaban J connectivity index is 1.16. The second-order valence-electron chi connectivity index (χ2n) is 19.8. The number of nitrogens with one attached hydrogen (secondary N) is 3. The van der Waals surface area contributed by atoms with Gasteiger partial charge in [-0.1, -0.05) is 39.8 Å². The zero-order valence-corrected chi connectivity index (χ0v) is 39.8. The zero-order chi connectivity index (χ0) is 47.7. The summed E-state index contributed by atoms with van der Waals surface area (Å²) in [4.78, 5) is 84.3. The van der Waals surface area contributed by atoms with Gasteiger partial charge in [0.05, 0.1) is 23.2 Å². The maximum absolute atomic E-state index is 14.7. The predicted molar refractivity (Wildman–Crippen MR) is 252 cm³/mol. The van der Waals surface area contributed by atoms with Gasteiger partial charge in [0.15, 0.2) is 6.61 Å². The average Bonchev–Trinajstić information content (AvgIpc) is 4.12. The van der Waals surface area contributed by atoms with E-state index in [0.717, 1.165) is 44.4 Å². The van der Waals surface area contributed by atoms with Crippen molar-refractivity contribution in [1.29, 1.82) is 0 Å². The van der Waals surface area contributed by atoms with Crippen LogP contribution in [0.3, 0.4) is 0 Å². The number of carbonyl (C=O) groups excluding carboxylic acids is 4. The number of hydrazine groups is 1. The number of benzene rings is 2. The van der Waals surface area contributed by atoms with Crippen LogP contribution in [0.1, 0.15) is 77.0 Å². The Kier molecular flexibility index (Phi) is 14.0. The number of aromatic nitrogens is 2. The van der Waals surface area contributed by atoms with Crippen LogP contribution in [0.5, 0.6) is 5.75 Å². The number of phenols is 1. The molecule has 0 unspecified atom stereocenters. The number of piperidine rings is 1. The molecule has 17 heteroatoms. The SMILES string of the molecule is CCn1c(-c2cnccc2COC)c2c3cc(ccc31)-c1cc(O)cc(c1)C[C@H](NC(=O)[C@H](C(C)C)N(C)C(=O)C1CCN(C(=O)[C@H]3CN3)CC1)C(=O)N1CCC[C@H](N1)[N+](=O)OCC(C)(C)C2. The lowest BCUT2D eigenvalue weighted by atomic mass is 9.84. The monoisotopic (exact) mass is 921 g/mol. The molecule has 4 N–H and O–H groups in total. The van der Waals surface area contributed by atoms with Crippen molar-refractivity contribution in [3.63, 3.8) is 0 Å². The molecule has 358 valence electrons. The molecule has 3 saturated heterocycles. The fourth-order valence-electron chi connectivity index (χ4n) is 10.3. The highest BCUT2D eigenvalue weighted by Gasteiger charge is 2.42. The lowest BCUT2D eigenvalue weighted by Gasteiger charge is -2.37. The Hall–Kier alpha value is -5.91. The van der Waals surface area contributed by atoms with Gasteiger partial charge in [0.2, 0.25) is 22.6 Å². The molecule has 2 aromatic carbocycles. The van der Waals surface area contributed by atoms with Gasteiger partial charge in [-0.2, -0.15) is 5.43 Å². The minimum Gasteiger partial charge on any atom is -0.508 e. The van der Waals surface area contributed by atoms with Gasteiger partial charge in [-0.3, -0.25) is 29.2 Å². The Morgan fingerprint density at radius 2 is 1.84 bits per heavy atom. The number of methoxy groups -OCH3 is 1. The molecule has 6 heterocycles. The number of ether oxygens (including phenoxy) is 1. The van der Waals surface area contributed by atoms with Crippen LogP contribution in [0.2, 0.25) is 0 Å². The van der Waals surface area contributed by atoms with Crippen molar-refractivity contribution in [1.82, 2.24) is 40.4 Å². The third kappa shape index (κ3) is 10.2. The predicted octanol–water partition coefficient (Wildman–Crippen LogP) is 4.71. The number of nitrogens with zero attached hydrogens (tertiary/aromatic N) is 6. The van der Waals surface area contributed by atoms with Crippen molar-refractivity contribution in [2.45, 2.75) is 111 Å². The molecule has 67 heavy (non-hydrogen) atoms. The van der Waals surface area contributed by atoms with Gasteiger partial charge in [0.25, 0.3) is 5.91 Å². The summed E-state index contributed by atoms with van der Waals surface area (Å²) < 4.78 is 7.92. The maximum Gasteiger partial charge on any atom is 0.326 e. The fourth-order valence-corrected chi connectivity index (χ4v) is 10.3. The fraction of sp³-hybridized carbons (Fsp3) is 0.540. The maximum atomic E-state index is 14.7. The Morgan fingerprint density at radius 1 is 1.07 bits per heavy atom. The van der Waals surface area contributed by atoms with E-state index in [0.29, 0.717) is 75.4 Å². The standard InChI is InChI=1S/C50H65N9O8/c1-8-57-42-12-11-33-24-37(42)38(45(57)39-26-51-16-13-34(39)28-66-7)25-50(4,5)29-67-59(65)43-10-9-17-58(54-43)49(64)40(22-31-20-35(33)23-36(60)21-31)53-46(61)44(30(2)3)55(6)47(62)32-14-18-56(19-15-32)48(63)41-27-52-41/h11-13,16,20-21,23-24,26,30,32,40-41,43-44,52,54H,8-10,14-15,17-19,22,25,27-29H2,1-7H3,(H-,53,60,61)/p+1/t40-,41+,43+,44-/m0/s1. The molecule has 4 aliphatic rings. The number of carbonyl (C=O) groups is 4. The summed E-state index contributed by atoms with van der Waals surface area (Å²) in [5.41, 5.74) is 9.70. The molecule has 4 atom stereocenters. The van der Waals surface area contributed by atoms with E-state index in [1.165, 1.54) is 9.91 Å². The smallest absolute Gasteiger partial charge is 0.326 e. The van der Waals surface area contributed by atoms with E-state index >= 15 is 0 Å². The summed E-state index contributed by atoms with van der Waals surface area (Å²) in [5.74, 6) is -1.78. The number of aromatic hydroxyl groups is 1. The average molecular weight is 921 g/mol. The number of fused-ring (bicyclic) bond motifs is 6. The lowest BCUT2D eigenvalue weighted by molar-refractivity contribution is -0.835. The normalized spacial score (nSPS) is 21.7. The first-order chi connectivity index (χ1) is 32.1. The molecule has 17 nitrogen and oxygen atoms in total. The molecule has 4 amide bonds. The van der Waals surface area contributed by atoms with Crippen LogP contribution in [-0.4, -0.2) is 129 Å². The summed E-state index contributed by atoms with van der Waals surface area (Å²) in [6.07, 6.45) is 5.18. The van der Waals surface area contributed by atoms with E-state index in [2.05, 4.69) is 58.5 Å². The molecular weight excluding hydrogens is 855 g/mol. The van der Waals surface area contributed by atoms with Gasteiger partial charge in [-0.15, -0.1) is 0 Å². The number of likely N-dealkylation sites (N-methyl/N-ethyl adjacent to an activating group) is 1. The summed E-state index contributed by atoms with van der Waals surface area (Å²) >= 11 is 0. The first kappa shape index (κ1) is 47.6. The van der Waals surface area contributed by atoms with Gasteiger partial charge in [0.1, 0.15) is 17.8 Å². The Bertz CT molecular complexity index is 2530. The highest BCUT2D eigenvalue weighted by Crippen LogP contribution is 2.41. The van der Waals surface area contributed by atoms with E-state index in [1.54, 1.807) is 37.4 Å². The number of hydrogen-bond donors (Lipinski definition) is 4. The van der Waals surface area contributed by atoms with Crippen molar-refractivity contribution in [2.75, 3.05) is 46.9 Å². The first-order valence-corrected chi connectivity index (χ1v) is 23.7. The number of phenolic OH excluding ortho intramolecular Hbond substituents is 1. The summed E-state index contributed by atoms with van der Waals surface area (Å²) in [6.45, 7) is 13.0. The van der Waals surface area contributed by atoms with Crippen molar-refractivity contribution < 1.29 is 38.8 Å². The minimum atomic E-state index is -1.15. The number of likely N-dealkylation sites (tertiary alicyclic amines) is 1. The highest BCUT2D eigenvalue weighted by molar-refractivity contribution is 5.96. The highest BCUT2D eigenvalue weighted by atomic mass is 16.8. The van der Waals surface area contributed by atoms with E-state index in [4.69, 9.17) is 9.57 Å². The van der Waals surface area contributed by atoms with Crippen molar-refractivity contribution >= 4 is 34.5 Å². The molecule has 4 aromatic rings. The van der Waals surface area contributed by atoms with Crippen molar-refractivity contribution in [3.8, 4) is 28.1 Å². The van der Waals surface area contributed by atoms with Crippen LogP contribution < -0.4 is 16.1 Å². The molecule has 2 aromatic heterocycles. The first-order valence-electron chi connectivity index (χ1n) is 23.7. The van der Waals surface area contributed by atoms with Gasteiger partial charge in [0, 0.05) is 99.9 Å². The lowest BCUT2D eigenvalue weighted by Crippen LogP contribution is -2.62. The van der Waals surface area contributed by atoms with Crippen LogP contribution >= 0.6 is 0 Å². The van der Waals surface area contributed by atoms with Crippen LogP contribution in [0, 0.1) is 22.2 Å². The van der Waals surface area contributed by atoms with Crippen LogP contribution in [0.15, 0.2) is 54.9 Å². The quantitative estimate of drug-likeness (QED) is 0.161. The number of aryl methyl sites for hydroxylation is 1. The molecular formula is C50H66N9O8+. The number of hydrogen-bond acceptors (Lipinski definition) is 11. The summed E-state index contributed by atoms with van der Waals surface area (Å²) in [6, 6.07) is 11.2. The number of amides is 4. The summed E-state index contributed by atoms with van der Waals surface area (Å²) in [7, 11) is 3.30. The van der Waals surface area contributed by atoms with Gasteiger partial charge >= 0.3 is 6.17 Å². The molecule has 0 saturated carbocycles. The third-order valence-corrected chi connectivity index (χ3v) is 13.8. The number of rotatable bonds is 10. The van der Waals surface area contributed by atoms with E-state index in [-0.39, 0.29) is 55.0 Å². The molecule has 3 fully saturated rings. The van der Waals surface area contributed by atoms with E-state index in [9.17, 15) is 29.2 Å². The topological polar surface area (TPSA) is 201 Å². The van der Waals surface area contributed by atoms with Gasteiger partial charge in [-0.25, -0.2) is 4.84 Å². The molecule has 0 radical (unpaired) electrons. The Morgan fingerprint density at radius 3 is 2.54 bits per heavy atom. The second kappa shape index (κ2) is 19.7. The Labute approximate surface area is 392 Å².